The maximum atomic E-state index is 12.0. The summed E-state index contributed by atoms with van der Waals surface area (Å²) in [6.07, 6.45) is 4.36. The van der Waals surface area contributed by atoms with Crippen molar-refractivity contribution in [1.82, 2.24) is 5.32 Å². The summed E-state index contributed by atoms with van der Waals surface area (Å²) in [5, 5.41) is 3.17. The molecule has 0 spiro atoms. The third-order valence-corrected chi connectivity index (χ3v) is 3.38. The lowest BCUT2D eigenvalue weighted by Gasteiger charge is -2.39. The minimum atomic E-state index is -0.567. The molecule has 88 valence electrons. The highest BCUT2D eigenvalue weighted by atomic mass is 16.5. The summed E-state index contributed by atoms with van der Waals surface area (Å²) < 4.78 is 5.15. The molecule has 0 aromatic rings. The Bertz CT molecular complexity index is 348. The molecule has 0 saturated carbocycles. The monoisotopic (exact) mass is 223 g/mol. The van der Waals surface area contributed by atoms with Gasteiger partial charge in [0.1, 0.15) is 5.41 Å². The zero-order valence-corrected chi connectivity index (χ0v) is 9.54. The van der Waals surface area contributed by atoms with Gasteiger partial charge >= 0.3 is 5.97 Å². The Hall–Kier alpha value is -1.32. The van der Waals surface area contributed by atoms with E-state index in [1.54, 1.807) is 6.08 Å². The summed E-state index contributed by atoms with van der Waals surface area (Å²) in [5.41, 5.74) is 0.204. The number of hydrogen-bond donors (Lipinski definition) is 1. The number of hydrogen-bond acceptors (Lipinski definition) is 4. The number of carbonyl (C=O) groups excluding carboxylic acids is 2. The maximum absolute atomic E-state index is 12.0. The average molecular weight is 223 g/mol. The molecule has 0 radical (unpaired) electrons. The average Bonchev–Trinajstić information content (AvgIpc) is 2.29. The normalized spacial score (nSPS) is 28.8. The molecule has 2 rings (SSSR count). The number of allylic oxidation sites excluding steroid dienone is 1. The van der Waals surface area contributed by atoms with E-state index in [0.29, 0.717) is 19.4 Å². The van der Waals surface area contributed by atoms with Crippen molar-refractivity contribution in [2.45, 2.75) is 32.6 Å². The molecule has 0 aromatic carbocycles. The third-order valence-electron chi connectivity index (χ3n) is 3.38. The first-order chi connectivity index (χ1) is 7.69. The Balaban J connectivity index is 2.30. The van der Waals surface area contributed by atoms with Gasteiger partial charge in [-0.25, -0.2) is 0 Å². The highest BCUT2D eigenvalue weighted by Crippen LogP contribution is 2.42. The van der Waals surface area contributed by atoms with Gasteiger partial charge in [0.2, 0.25) is 0 Å². The van der Waals surface area contributed by atoms with Crippen LogP contribution in [0, 0.1) is 5.41 Å². The second-order valence-corrected chi connectivity index (χ2v) is 4.36. The van der Waals surface area contributed by atoms with Crippen molar-refractivity contribution in [1.29, 1.82) is 0 Å². The third kappa shape index (κ3) is 1.72. The molecule has 4 nitrogen and oxygen atoms in total. The van der Waals surface area contributed by atoms with Crippen LogP contribution in [0.2, 0.25) is 0 Å². The van der Waals surface area contributed by atoms with Crippen molar-refractivity contribution in [2.24, 2.45) is 5.41 Å². The quantitative estimate of drug-likeness (QED) is 0.714. The Labute approximate surface area is 95.0 Å². The molecule has 1 aliphatic carbocycles. The molecule has 2 aliphatic rings. The lowest BCUT2D eigenvalue weighted by Crippen LogP contribution is -2.46. The fourth-order valence-corrected chi connectivity index (χ4v) is 2.52. The van der Waals surface area contributed by atoms with Crippen molar-refractivity contribution in [3.05, 3.63) is 11.8 Å². The van der Waals surface area contributed by atoms with Gasteiger partial charge in [-0.15, -0.1) is 0 Å². The molecule has 1 fully saturated rings. The van der Waals surface area contributed by atoms with Crippen LogP contribution in [0.3, 0.4) is 0 Å². The summed E-state index contributed by atoms with van der Waals surface area (Å²) in [7, 11) is 0. The van der Waals surface area contributed by atoms with E-state index in [1.165, 1.54) is 0 Å². The first kappa shape index (κ1) is 11.2. The van der Waals surface area contributed by atoms with Gasteiger partial charge in [-0.05, 0) is 26.2 Å². The number of esters is 1. The van der Waals surface area contributed by atoms with E-state index < -0.39 is 5.41 Å². The topological polar surface area (TPSA) is 55.4 Å². The Kier molecular flexibility index (Phi) is 2.99. The lowest BCUT2D eigenvalue weighted by atomic mass is 9.70. The summed E-state index contributed by atoms with van der Waals surface area (Å²) in [5.74, 6) is -0.0785. The predicted octanol–water partition coefficient (Wildman–Crippen LogP) is 1.17. The summed E-state index contributed by atoms with van der Waals surface area (Å²) >= 11 is 0. The van der Waals surface area contributed by atoms with Crippen LogP contribution in [0.25, 0.3) is 0 Å². The van der Waals surface area contributed by atoms with E-state index in [9.17, 15) is 9.59 Å². The van der Waals surface area contributed by atoms with E-state index in [1.807, 2.05) is 6.92 Å². The Morgan fingerprint density at radius 2 is 2.38 bits per heavy atom. The van der Waals surface area contributed by atoms with Crippen molar-refractivity contribution < 1.29 is 14.3 Å². The second-order valence-electron chi connectivity index (χ2n) is 4.36. The van der Waals surface area contributed by atoms with E-state index in [0.717, 1.165) is 25.1 Å². The van der Waals surface area contributed by atoms with Crippen molar-refractivity contribution in [2.75, 3.05) is 13.2 Å². The van der Waals surface area contributed by atoms with E-state index in [4.69, 9.17) is 4.74 Å². The van der Waals surface area contributed by atoms with Crippen LogP contribution in [0.4, 0.5) is 0 Å². The van der Waals surface area contributed by atoms with Gasteiger partial charge in [0.15, 0.2) is 5.78 Å². The van der Waals surface area contributed by atoms with Crippen LogP contribution < -0.4 is 5.32 Å². The molecule has 1 saturated heterocycles. The first-order valence-corrected chi connectivity index (χ1v) is 5.85. The van der Waals surface area contributed by atoms with Gasteiger partial charge < -0.3 is 10.1 Å². The van der Waals surface area contributed by atoms with Crippen LogP contribution in [0.1, 0.15) is 32.6 Å². The highest BCUT2D eigenvalue weighted by Gasteiger charge is 2.47. The fourth-order valence-electron chi connectivity index (χ4n) is 2.52. The van der Waals surface area contributed by atoms with Gasteiger partial charge in [0.25, 0.3) is 0 Å². The molecule has 0 unspecified atom stereocenters. The Morgan fingerprint density at radius 1 is 1.56 bits per heavy atom. The number of rotatable bonds is 2. The van der Waals surface area contributed by atoms with Gasteiger partial charge in [-0.2, -0.15) is 0 Å². The molecule has 16 heavy (non-hydrogen) atoms. The lowest BCUT2D eigenvalue weighted by molar-refractivity contribution is -0.155. The standard InChI is InChI=1S/C12H17NO3/c1-2-16-11(15)12-5-3-7-13-10(12)8-9(14)4-6-12/h8,13H,2-7H2,1H3/t12-/m0/s1. The summed E-state index contributed by atoms with van der Waals surface area (Å²) in [6.45, 7) is 3.03. The van der Waals surface area contributed by atoms with Crippen LogP contribution in [-0.2, 0) is 14.3 Å². The second kappa shape index (κ2) is 4.28. The number of carbonyl (C=O) groups is 2. The summed E-state index contributed by atoms with van der Waals surface area (Å²) in [6, 6.07) is 0. The molecule has 0 bridgehead atoms. The highest BCUT2D eigenvalue weighted by molar-refractivity contribution is 5.95. The van der Waals surface area contributed by atoms with Crippen molar-refractivity contribution in [3.63, 3.8) is 0 Å². The van der Waals surface area contributed by atoms with Gasteiger partial charge in [0.05, 0.1) is 6.61 Å². The molecule has 1 heterocycles. The van der Waals surface area contributed by atoms with E-state index in [2.05, 4.69) is 5.32 Å². The molecular formula is C12H17NO3. The first-order valence-electron chi connectivity index (χ1n) is 5.85. The minimum absolute atomic E-state index is 0.101. The fraction of sp³-hybridized carbons (Fsp3) is 0.667. The molecule has 0 aromatic heterocycles. The molecule has 0 amide bonds. The minimum Gasteiger partial charge on any atom is -0.465 e. The molecular weight excluding hydrogens is 206 g/mol. The smallest absolute Gasteiger partial charge is 0.318 e. The zero-order chi connectivity index (χ0) is 11.6. The molecule has 4 heteroatoms. The van der Waals surface area contributed by atoms with E-state index in [-0.39, 0.29) is 11.8 Å². The van der Waals surface area contributed by atoms with Gasteiger partial charge in [0, 0.05) is 24.7 Å². The molecule has 1 N–H and O–H groups in total. The molecule has 1 aliphatic heterocycles. The van der Waals surface area contributed by atoms with Gasteiger partial charge in [-0.3, -0.25) is 9.59 Å². The number of nitrogens with one attached hydrogen (secondary N) is 1. The maximum Gasteiger partial charge on any atom is 0.318 e. The predicted molar refractivity (Wildman–Crippen MR) is 58.6 cm³/mol. The SMILES string of the molecule is CCOC(=O)[C@]12CCCNC1=CC(=O)CC2. The largest absolute Gasteiger partial charge is 0.465 e. The van der Waals surface area contributed by atoms with Crippen LogP contribution in [0.15, 0.2) is 11.8 Å². The zero-order valence-electron chi connectivity index (χ0n) is 9.54. The summed E-state index contributed by atoms with van der Waals surface area (Å²) in [4.78, 5) is 23.4. The van der Waals surface area contributed by atoms with E-state index >= 15 is 0 Å². The van der Waals surface area contributed by atoms with Gasteiger partial charge in [-0.1, -0.05) is 0 Å². The molecule has 1 atom stereocenters. The van der Waals surface area contributed by atoms with Crippen LogP contribution in [-0.4, -0.2) is 24.9 Å². The number of ether oxygens (including phenoxy) is 1. The van der Waals surface area contributed by atoms with Crippen LogP contribution >= 0.6 is 0 Å². The number of fused-ring (bicyclic) bond motifs is 1. The Morgan fingerprint density at radius 3 is 3.12 bits per heavy atom. The number of ketones is 1. The van der Waals surface area contributed by atoms with Crippen molar-refractivity contribution in [3.8, 4) is 0 Å². The van der Waals surface area contributed by atoms with Crippen molar-refractivity contribution >= 4 is 11.8 Å². The van der Waals surface area contributed by atoms with Crippen LogP contribution in [0.5, 0.6) is 0 Å². The number of piperidine rings is 1.